The summed E-state index contributed by atoms with van der Waals surface area (Å²) in [5.41, 5.74) is 0.536. The zero-order chi connectivity index (χ0) is 13.7. The highest BCUT2D eigenvalue weighted by molar-refractivity contribution is 5.07. The molecule has 1 aliphatic rings. The first-order valence-corrected chi connectivity index (χ1v) is 6.70. The molecule has 106 valence electrons. The number of aliphatic hydroxyl groups is 1. The largest absolute Gasteiger partial charge is 0.387 e. The maximum Gasteiger partial charge on any atom is 0.141 e. The van der Waals surface area contributed by atoms with Gasteiger partial charge in [-0.3, -0.25) is 4.98 Å². The van der Waals surface area contributed by atoms with Gasteiger partial charge in [0.25, 0.3) is 0 Å². The Kier molecular flexibility index (Phi) is 5.24. The first-order chi connectivity index (χ1) is 9.19. The number of halogens is 1. The molecule has 1 saturated heterocycles. The van der Waals surface area contributed by atoms with Crippen LogP contribution in [-0.4, -0.2) is 48.3 Å². The van der Waals surface area contributed by atoms with E-state index in [9.17, 15) is 9.50 Å². The Morgan fingerprint density at radius 3 is 3.11 bits per heavy atom. The molecule has 1 aromatic rings. The summed E-state index contributed by atoms with van der Waals surface area (Å²) < 4.78 is 17.9. The van der Waals surface area contributed by atoms with E-state index >= 15 is 0 Å². The number of hydrogen-bond donors (Lipinski definition) is 1. The number of nitrogens with zero attached hydrogens (tertiary/aromatic N) is 2. The fraction of sp³-hybridized carbons (Fsp3) is 0.643. The summed E-state index contributed by atoms with van der Waals surface area (Å²) in [6, 6.07) is 2.87. The average Bonchev–Trinajstić information content (AvgIpc) is 2.85. The normalized spacial score (nSPS) is 21.7. The Bertz CT molecular complexity index is 386. The lowest BCUT2D eigenvalue weighted by Gasteiger charge is -2.18. The number of pyridine rings is 1. The topological polar surface area (TPSA) is 45.6 Å². The first kappa shape index (κ1) is 14.4. The van der Waals surface area contributed by atoms with Crippen LogP contribution in [0.2, 0.25) is 0 Å². The Hall–Kier alpha value is -1.04. The van der Waals surface area contributed by atoms with Gasteiger partial charge in [-0.25, -0.2) is 4.39 Å². The number of aliphatic hydroxyl groups excluding tert-OH is 1. The van der Waals surface area contributed by atoms with Crippen molar-refractivity contribution in [2.45, 2.75) is 18.9 Å². The van der Waals surface area contributed by atoms with Gasteiger partial charge in [-0.2, -0.15) is 0 Å². The third-order valence-corrected chi connectivity index (χ3v) is 3.58. The fourth-order valence-electron chi connectivity index (χ4n) is 2.52. The molecule has 1 fully saturated rings. The van der Waals surface area contributed by atoms with Gasteiger partial charge in [0, 0.05) is 20.2 Å². The first-order valence-electron chi connectivity index (χ1n) is 6.70. The van der Waals surface area contributed by atoms with E-state index in [1.165, 1.54) is 12.1 Å². The van der Waals surface area contributed by atoms with Crippen molar-refractivity contribution >= 4 is 0 Å². The standard InChI is InChI=1S/C14H21FN2O2/c1-19-10-11-4-6-17(9-11)7-5-14(18)13-3-2-12(15)8-16-13/h2-3,8,11,14,18H,4-7,9-10H2,1H3. The monoisotopic (exact) mass is 268 g/mol. The Labute approximate surface area is 113 Å². The molecule has 2 unspecified atom stereocenters. The zero-order valence-electron chi connectivity index (χ0n) is 11.3. The maximum atomic E-state index is 12.7. The summed E-state index contributed by atoms with van der Waals surface area (Å²) in [5.74, 6) is 0.226. The summed E-state index contributed by atoms with van der Waals surface area (Å²) in [7, 11) is 1.73. The molecule has 0 saturated carbocycles. The van der Waals surface area contributed by atoms with Crippen LogP contribution in [0.5, 0.6) is 0 Å². The Morgan fingerprint density at radius 2 is 2.42 bits per heavy atom. The van der Waals surface area contributed by atoms with Gasteiger partial charge in [-0.1, -0.05) is 0 Å². The van der Waals surface area contributed by atoms with Gasteiger partial charge in [-0.05, 0) is 37.4 Å². The lowest BCUT2D eigenvalue weighted by Crippen LogP contribution is -2.24. The van der Waals surface area contributed by atoms with E-state index in [2.05, 4.69) is 9.88 Å². The van der Waals surface area contributed by atoms with Gasteiger partial charge in [0.2, 0.25) is 0 Å². The third kappa shape index (κ3) is 4.23. The minimum absolute atomic E-state index is 0.377. The molecule has 1 N–H and O–H groups in total. The van der Waals surface area contributed by atoms with E-state index in [1.54, 1.807) is 7.11 Å². The molecule has 0 spiro atoms. The minimum Gasteiger partial charge on any atom is -0.387 e. The number of ether oxygens (including phenoxy) is 1. The van der Waals surface area contributed by atoms with Gasteiger partial charge in [-0.15, -0.1) is 0 Å². The van der Waals surface area contributed by atoms with Gasteiger partial charge in [0.1, 0.15) is 5.82 Å². The van der Waals surface area contributed by atoms with E-state index in [4.69, 9.17) is 4.74 Å². The molecule has 0 radical (unpaired) electrons. The average molecular weight is 268 g/mol. The van der Waals surface area contributed by atoms with Gasteiger partial charge < -0.3 is 14.7 Å². The summed E-state index contributed by atoms with van der Waals surface area (Å²) in [6.45, 7) is 3.72. The summed E-state index contributed by atoms with van der Waals surface area (Å²) in [4.78, 5) is 6.23. The molecule has 5 heteroatoms. The number of hydrogen-bond acceptors (Lipinski definition) is 4. The van der Waals surface area contributed by atoms with Crippen LogP contribution in [0.1, 0.15) is 24.6 Å². The quantitative estimate of drug-likeness (QED) is 0.851. The molecule has 2 heterocycles. The van der Waals surface area contributed by atoms with Crippen LogP contribution < -0.4 is 0 Å². The van der Waals surface area contributed by atoms with Crippen molar-refractivity contribution in [2.75, 3.05) is 33.4 Å². The molecule has 0 amide bonds. The van der Waals surface area contributed by atoms with E-state index in [0.29, 0.717) is 18.0 Å². The second kappa shape index (κ2) is 6.93. The number of aromatic nitrogens is 1. The molecular weight excluding hydrogens is 247 g/mol. The highest BCUT2D eigenvalue weighted by Crippen LogP contribution is 2.20. The second-order valence-electron chi connectivity index (χ2n) is 5.12. The lowest BCUT2D eigenvalue weighted by atomic mass is 10.1. The molecule has 1 aromatic heterocycles. The highest BCUT2D eigenvalue weighted by atomic mass is 19.1. The van der Waals surface area contributed by atoms with E-state index in [-0.39, 0.29) is 5.82 Å². The highest BCUT2D eigenvalue weighted by Gasteiger charge is 2.22. The lowest BCUT2D eigenvalue weighted by molar-refractivity contribution is 0.135. The molecule has 2 rings (SSSR count). The minimum atomic E-state index is -0.623. The molecule has 0 aliphatic carbocycles. The molecule has 0 aromatic carbocycles. The van der Waals surface area contributed by atoms with Crippen LogP contribution in [0.15, 0.2) is 18.3 Å². The number of rotatable bonds is 6. The predicted octanol–water partition coefficient (Wildman–Crippen LogP) is 1.61. The van der Waals surface area contributed by atoms with Crippen molar-refractivity contribution in [2.24, 2.45) is 5.92 Å². The van der Waals surface area contributed by atoms with Crippen molar-refractivity contribution in [3.8, 4) is 0 Å². The molecule has 1 aliphatic heterocycles. The van der Waals surface area contributed by atoms with Gasteiger partial charge in [0.05, 0.1) is 24.6 Å². The van der Waals surface area contributed by atoms with Crippen LogP contribution in [0.25, 0.3) is 0 Å². The van der Waals surface area contributed by atoms with Crippen LogP contribution >= 0.6 is 0 Å². The molecule has 4 nitrogen and oxygen atoms in total. The van der Waals surface area contributed by atoms with Crippen molar-refractivity contribution in [3.05, 3.63) is 29.8 Å². The maximum absolute atomic E-state index is 12.7. The fourth-order valence-corrected chi connectivity index (χ4v) is 2.52. The van der Waals surface area contributed by atoms with Crippen LogP contribution in [0, 0.1) is 11.7 Å². The molecule has 19 heavy (non-hydrogen) atoms. The summed E-state index contributed by atoms with van der Waals surface area (Å²) in [5, 5.41) is 10.0. The van der Waals surface area contributed by atoms with Crippen LogP contribution in [0.3, 0.4) is 0 Å². The van der Waals surface area contributed by atoms with E-state index in [1.807, 2.05) is 0 Å². The molecular formula is C14H21FN2O2. The third-order valence-electron chi connectivity index (χ3n) is 3.58. The van der Waals surface area contributed by atoms with Crippen molar-refractivity contribution in [1.82, 2.24) is 9.88 Å². The number of likely N-dealkylation sites (tertiary alicyclic amines) is 1. The van der Waals surface area contributed by atoms with Gasteiger partial charge >= 0.3 is 0 Å². The second-order valence-corrected chi connectivity index (χ2v) is 5.12. The SMILES string of the molecule is COCC1CCN(CCC(O)c2ccc(F)cn2)C1. The predicted molar refractivity (Wildman–Crippen MR) is 70.2 cm³/mol. The zero-order valence-corrected chi connectivity index (χ0v) is 11.3. The van der Waals surface area contributed by atoms with Crippen molar-refractivity contribution in [1.29, 1.82) is 0 Å². The van der Waals surface area contributed by atoms with E-state index < -0.39 is 6.10 Å². The Balaban J connectivity index is 1.75. The molecule has 2 atom stereocenters. The van der Waals surface area contributed by atoms with Crippen molar-refractivity contribution < 1.29 is 14.2 Å². The summed E-state index contributed by atoms with van der Waals surface area (Å²) in [6.07, 6.45) is 2.29. The van der Waals surface area contributed by atoms with E-state index in [0.717, 1.165) is 38.9 Å². The number of methoxy groups -OCH3 is 1. The van der Waals surface area contributed by atoms with Gasteiger partial charge in [0.15, 0.2) is 0 Å². The van der Waals surface area contributed by atoms with Crippen molar-refractivity contribution in [3.63, 3.8) is 0 Å². The van der Waals surface area contributed by atoms with Crippen LogP contribution in [0.4, 0.5) is 4.39 Å². The summed E-state index contributed by atoms with van der Waals surface area (Å²) >= 11 is 0. The molecule has 0 bridgehead atoms. The smallest absolute Gasteiger partial charge is 0.141 e. The Morgan fingerprint density at radius 1 is 1.58 bits per heavy atom. The van der Waals surface area contributed by atoms with Crippen LogP contribution in [-0.2, 0) is 4.74 Å².